The minimum Gasteiger partial charge on any atom is -0.493 e. The molecule has 1 heterocycles. The van der Waals surface area contributed by atoms with Crippen molar-refractivity contribution in [2.75, 3.05) is 28.4 Å². The summed E-state index contributed by atoms with van der Waals surface area (Å²) >= 11 is 0. The zero-order chi connectivity index (χ0) is 23.7. The lowest BCUT2D eigenvalue weighted by atomic mass is 10.1. The molecule has 2 aromatic carbocycles. The highest BCUT2D eigenvalue weighted by Gasteiger charge is 2.27. The fourth-order valence-electron chi connectivity index (χ4n) is 4.31. The number of ether oxygens (including phenoxy) is 4. The molecule has 174 valence electrons. The van der Waals surface area contributed by atoms with Gasteiger partial charge in [-0.05, 0) is 49.1 Å². The molecular formula is C24H27N3O6. The number of aromatic nitrogens is 2. The number of hydrogen-bond acceptors (Lipinski definition) is 7. The molecule has 3 aromatic rings. The summed E-state index contributed by atoms with van der Waals surface area (Å²) in [5.74, 6) is 2.37. The van der Waals surface area contributed by atoms with Gasteiger partial charge in [-0.2, -0.15) is 0 Å². The molecule has 0 aliphatic heterocycles. The van der Waals surface area contributed by atoms with Crippen LogP contribution < -0.4 is 29.8 Å². The highest BCUT2D eigenvalue weighted by atomic mass is 16.5. The van der Waals surface area contributed by atoms with Gasteiger partial charge >= 0.3 is 0 Å². The van der Waals surface area contributed by atoms with Crippen LogP contribution in [0.1, 0.15) is 29.4 Å². The molecule has 0 saturated heterocycles. The van der Waals surface area contributed by atoms with Crippen LogP contribution in [-0.2, 0) is 17.8 Å². The first-order valence-electron chi connectivity index (χ1n) is 10.6. The maximum Gasteiger partial charge on any atom is 0.262 e. The molecule has 0 bridgehead atoms. The number of nitrogens with zero attached hydrogens (tertiary/aromatic N) is 2. The molecule has 0 saturated carbocycles. The third kappa shape index (κ3) is 4.06. The molecule has 1 N–H and O–H groups in total. The predicted octanol–water partition coefficient (Wildman–Crippen LogP) is 2.54. The SMILES string of the molecule is COc1cc2c(cc1OC)C(NC(=O)Cn1c(C)nc3cc(OC)c(OC)cc3c1=O)CC2. The Labute approximate surface area is 191 Å². The minimum absolute atomic E-state index is 0.138. The fourth-order valence-corrected chi connectivity index (χ4v) is 4.31. The van der Waals surface area contributed by atoms with E-state index in [1.165, 1.54) is 18.8 Å². The Morgan fingerprint density at radius 2 is 1.61 bits per heavy atom. The largest absolute Gasteiger partial charge is 0.493 e. The number of carbonyl (C=O) groups excluding carboxylic acids is 1. The summed E-state index contributed by atoms with van der Waals surface area (Å²) in [6.07, 6.45) is 1.58. The van der Waals surface area contributed by atoms with Gasteiger partial charge in [-0.1, -0.05) is 0 Å². The first-order valence-corrected chi connectivity index (χ1v) is 10.6. The van der Waals surface area contributed by atoms with E-state index in [9.17, 15) is 9.59 Å². The predicted molar refractivity (Wildman–Crippen MR) is 123 cm³/mol. The number of fused-ring (bicyclic) bond motifs is 2. The topological polar surface area (TPSA) is 101 Å². The van der Waals surface area contributed by atoms with Crippen LogP contribution in [0.5, 0.6) is 23.0 Å². The zero-order valence-electron chi connectivity index (χ0n) is 19.4. The van der Waals surface area contributed by atoms with Crippen molar-refractivity contribution in [1.82, 2.24) is 14.9 Å². The van der Waals surface area contributed by atoms with E-state index in [2.05, 4.69) is 10.3 Å². The highest BCUT2D eigenvalue weighted by Crippen LogP contribution is 2.39. The molecule has 1 atom stereocenters. The summed E-state index contributed by atoms with van der Waals surface area (Å²) in [6, 6.07) is 6.93. The molecule has 1 aliphatic carbocycles. The van der Waals surface area contributed by atoms with Crippen molar-refractivity contribution < 1.29 is 23.7 Å². The van der Waals surface area contributed by atoms with Crippen molar-refractivity contribution in [3.63, 3.8) is 0 Å². The van der Waals surface area contributed by atoms with Crippen LogP contribution in [0.25, 0.3) is 10.9 Å². The number of aryl methyl sites for hydroxylation is 2. The van der Waals surface area contributed by atoms with E-state index in [0.717, 1.165) is 24.0 Å². The maximum atomic E-state index is 13.2. The summed E-state index contributed by atoms with van der Waals surface area (Å²) in [7, 11) is 6.21. The van der Waals surface area contributed by atoms with Crippen LogP contribution in [0.4, 0.5) is 0 Å². The summed E-state index contributed by atoms with van der Waals surface area (Å²) in [6.45, 7) is 1.56. The molecule has 1 aliphatic rings. The Bertz CT molecular complexity index is 1280. The molecule has 0 fully saturated rings. The summed E-state index contributed by atoms with van der Waals surface area (Å²) in [5, 5.41) is 3.40. The minimum atomic E-state index is -0.313. The van der Waals surface area contributed by atoms with Crippen molar-refractivity contribution >= 4 is 16.8 Å². The van der Waals surface area contributed by atoms with E-state index >= 15 is 0 Å². The lowest BCUT2D eigenvalue weighted by Gasteiger charge is -2.17. The van der Waals surface area contributed by atoms with Gasteiger partial charge in [0.2, 0.25) is 5.91 Å². The third-order valence-corrected chi connectivity index (χ3v) is 6.01. The second kappa shape index (κ2) is 9.01. The van der Waals surface area contributed by atoms with Gasteiger partial charge in [0, 0.05) is 6.07 Å². The Morgan fingerprint density at radius 3 is 2.27 bits per heavy atom. The molecule has 1 aromatic heterocycles. The van der Waals surface area contributed by atoms with Gasteiger partial charge in [-0.3, -0.25) is 14.2 Å². The van der Waals surface area contributed by atoms with Gasteiger partial charge in [0.25, 0.3) is 5.56 Å². The number of hydrogen-bond donors (Lipinski definition) is 1. The van der Waals surface area contributed by atoms with E-state index < -0.39 is 0 Å². The molecular weight excluding hydrogens is 426 g/mol. The molecule has 9 heteroatoms. The lowest BCUT2D eigenvalue weighted by Crippen LogP contribution is -2.35. The molecule has 0 radical (unpaired) electrons. The normalized spacial score (nSPS) is 14.6. The average molecular weight is 453 g/mol. The number of carbonyl (C=O) groups is 1. The van der Waals surface area contributed by atoms with Crippen molar-refractivity contribution in [3.8, 4) is 23.0 Å². The first kappa shape index (κ1) is 22.4. The maximum absolute atomic E-state index is 13.2. The van der Waals surface area contributed by atoms with E-state index in [4.69, 9.17) is 18.9 Å². The molecule has 33 heavy (non-hydrogen) atoms. The number of benzene rings is 2. The van der Waals surface area contributed by atoms with Crippen molar-refractivity contribution in [2.45, 2.75) is 32.4 Å². The van der Waals surface area contributed by atoms with E-state index in [1.807, 2.05) is 12.1 Å². The number of methoxy groups -OCH3 is 4. The van der Waals surface area contributed by atoms with Gasteiger partial charge in [0.05, 0.1) is 45.4 Å². The summed E-state index contributed by atoms with van der Waals surface area (Å²) < 4.78 is 22.8. The molecule has 9 nitrogen and oxygen atoms in total. The quantitative estimate of drug-likeness (QED) is 0.587. The van der Waals surface area contributed by atoms with Crippen LogP contribution in [0.15, 0.2) is 29.1 Å². The smallest absolute Gasteiger partial charge is 0.262 e. The lowest BCUT2D eigenvalue weighted by molar-refractivity contribution is -0.122. The van der Waals surface area contributed by atoms with Crippen molar-refractivity contribution in [2.24, 2.45) is 0 Å². The number of amides is 1. The van der Waals surface area contributed by atoms with E-state index in [1.54, 1.807) is 33.3 Å². The Kier molecular flexibility index (Phi) is 6.13. The van der Waals surface area contributed by atoms with Crippen LogP contribution in [0, 0.1) is 6.92 Å². The average Bonchev–Trinajstić information content (AvgIpc) is 3.21. The van der Waals surface area contributed by atoms with E-state index in [-0.39, 0.29) is 24.1 Å². The van der Waals surface area contributed by atoms with Crippen molar-refractivity contribution in [3.05, 3.63) is 51.6 Å². The highest BCUT2D eigenvalue weighted by molar-refractivity contribution is 5.83. The van der Waals surface area contributed by atoms with Gasteiger partial charge in [0.15, 0.2) is 23.0 Å². The fraction of sp³-hybridized carbons (Fsp3) is 0.375. The second-order valence-corrected chi connectivity index (χ2v) is 7.84. The van der Waals surface area contributed by atoms with Crippen LogP contribution in [0.3, 0.4) is 0 Å². The molecule has 1 unspecified atom stereocenters. The summed E-state index contributed by atoms with van der Waals surface area (Å²) in [5.41, 5.74) is 2.28. The first-order chi connectivity index (χ1) is 15.9. The second-order valence-electron chi connectivity index (χ2n) is 7.84. The zero-order valence-corrected chi connectivity index (χ0v) is 19.4. The van der Waals surface area contributed by atoms with Gasteiger partial charge < -0.3 is 24.3 Å². The molecule has 1 amide bonds. The Morgan fingerprint density at radius 1 is 1.00 bits per heavy atom. The van der Waals surface area contributed by atoms with Crippen LogP contribution in [0.2, 0.25) is 0 Å². The Balaban J connectivity index is 1.60. The Hall–Kier alpha value is -3.75. The van der Waals surface area contributed by atoms with Gasteiger partial charge in [-0.15, -0.1) is 0 Å². The molecule has 4 rings (SSSR count). The molecule has 0 spiro atoms. The standard InChI is InChI=1S/C24H27N3O6/c1-13-25-18-11-22(33-5)21(32-4)10-16(18)24(29)27(13)12-23(28)26-17-7-6-14-8-19(30-2)20(31-3)9-15(14)17/h8-11,17H,6-7,12H2,1-5H3,(H,26,28). The monoisotopic (exact) mass is 453 g/mol. The van der Waals surface area contributed by atoms with Gasteiger partial charge in [0.1, 0.15) is 12.4 Å². The van der Waals surface area contributed by atoms with Gasteiger partial charge in [-0.25, -0.2) is 4.98 Å². The third-order valence-electron chi connectivity index (χ3n) is 6.01. The summed E-state index contributed by atoms with van der Waals surface area (Å²) in [4.78, 5) is 30.6. The van der Waals surface area contributed by atoms with E-state index in [0.29, 0.717) is 39.7 Å². The van der Waals surface area contributed by atoms with Crippen LogP contribution >= 0.6 is 0 Å². The van der Waals surface area contributed by atoms with Crippen molar-refractivity contribution in [1.29, 1.82) is 0 Å². The number of nitrogens with one attached hydrogen (secondary N) is 1. The number of rotatable bonds is 7. The van der Waals surface area contributed by atoms with Crippen LogP contribution in [-0.4, -0.2) is 43.9 Å².